The van der Waals surface area contributed by atoms with Crippen molar-refractivity contribution < 1.29 is 14.7 Å². The van der Waals surface area contributed by atoms with Crippen molar-refractivity contribution >= 4 is 34.6 Å². The van der Waals surface area contributed by atoms with E-state index in [0.717, 1.165) is 22.0 Å². The zero-order valence-corrected chi connectivity index (χ0v) is 12.0. The zero-order chi connectivity index (χ0) is 14.0. The molecule has 2 aromatic heterocycles. The van der Waals surface area contributed by atoms with Crippen LogP contribution in [0, 0.1) is 6.92 Å². The Labute approximate surface area is 118 Å². The van der Waals surface area contributed by atoms with Crippen molar-refractivity contribution in [1.82, 2.24) is 9.88 Å². The van der Waals surface area contributed by atoms with Crippen LogP contribution >= 0.6 is 22.7 Å². The van der Waals surface area contributed by atoms with Crippen molar-refractivity contribution in [2.45, 2.75) is 13.5 Å². The molecule has 2 aromatic rings. The Balaban J connectivity index is 2.07. The summed E-state index contributed by atoms with van der Waals surface area (Å²) in [6.45, 7) is 2.33. The van der Waals surface area contributed by atoms with Gasteiger partial charge in [-0.3, -0.25) is 4.79 Å². The lowest BCUT2D eigenvalue weighted by molar-refractivity contribution is 0.0701. The summed E-state index contributed by atoms with van der Waals surface area (Å²) in [5.74, 6) is -1.20. The normalized spacial score (nSPS) is 10.4. The first-order chi connectivity index (χ1) is 8.97. The molecule has 0 atom stereocenters. The largest absolute Gasteiger partial charge is 0.477 e. The van der Waals surface area contributed by atoms with Crippen molar-refractivity contribution in [1.29, 1.82) is 0 Å². The van der Waals surface area contributed by atoms with E-state index >= 15 is 0 Å². The summed E-state index contributed by atoms with van der Waals surface area (Å²) >= 11 is 2.52. The highest BCUT2D eigenvalue weighted by Crippen LogP contribution is 2.19. The lowest BCUT2D eigenvalue weighted by Gasteiger charge is -2.14. The fraction of sp³-hybridized carbons (Fsp3) is 0.250. The van der Waals surface area contributed by atoms with Crippen LogP contribution in [0.2, 0.25) is 0 Å². The lowest BCUT2D eigenvalue weighted by atomic mass is 10.3. The van der Waals surface area contributed by atoms with E-state index in [1.807, 2.05) is 12.3 Å². The van der Waals surface area contributed by atoms with Crippen LogP contribution in [0.25, 0.3) is 0 Å². The maximum absolute atomic E-state index is 12.1. The van der Waals surface area contributed by atoms with Gasteiger partial charge < -0.3 is 10.0 Å². The van der Waals surface area contributed by atoms with Gasteiger partial charge in [0.1, 0.15) is 4.88 Å². The summed E-state index contributed by atoms with van der Waals surface area (Å²) in [5, 5.41) is 11.7. The van der Waals surface area contributed by atoms with Crippen LogP contribution in [0.1, 0.15) is 30.0 Å². The minimum Gasteiger partial charge on any atom is -0.477 e. The summed E-state index contributed by atoms with van der Waals surface area (Å²) in [6, 6.07) is 2.99. The van der Waals surface area contributed by atoms with Gasteiger partial charge in [0.2, 0.25) is 0 Å². The Bertz CT molecular complexity index is 618. The molecule has 0 fully saturated rings. The molecular weight excluding hydrogens is 284 g/mol. The van der Waals surface area contributed by atoms with E-state index in [1.165, 1.54) is 22.3 Å². The number of nitrogens with zero attached hydrogens (tertiary/aromatic N) is 2. The number of rotatable bonds is 4. The number of hydrogen-bond acceptors (Lipinski definition) is 5. The monoisotopic (exact) mass is 296 g/mol. The lowest BCUT2D eigenvalue weighted by Crippen LogP contribution is -2.25. The van der Waals surface area contributed by atoms with E-state index in [2.05, 4.69) is 4.98 Å². The second-order valence-electron chi connectivity index (χ2n) is 3.99. The highest BCUT2D eigenvalue weighted by Gasteiger charge is 2.17. The number of carbonyl (C=O) groups is 2. The molecule has 19 heavy (non-hydrogen) atoms. The number of aromatic nitrogens is 1. The zero-order valence-electron chi connectivity index (χ0n) is 10.4. The number of carboxylic acids is 1. The third-order valence-corrected chi connectivity index (χ3v) is 4.32. The van der Waals surface area contributed by atoms with Crippen molar-refractivity contribution in [3.63, 3.8) is 0 Å². The van der Waals surface area contributed by atoms with Crippen LogP contribution < -0.4 is 0 Å². The van der Waals surface area contributed by atoms with Crippen molar-refractivity contribution in [3.05, 3.63) is 38.0 Å². The fourth-order valence-electron chi connectivity index (χ4n) is 1.55. The third kappa shape index (κ3) is 3.18. The number of thiazole rings is 1. The first-order valence-corrected chi connectivity index (χ1v) is 7.16. The maximum atomic E-state index is 12.1. The minimum atomic E-state index is -1.01. The molecule has 1 amide bonds. The molecule has 2 heterocycles. The smallest absolute Gasteiger partial charge is 0.345 e. The van der Waals surface area contributed by atoms with Gasteiger partial charge in [0, 0.05) is 12.4 Å². The molecule has 1 N–H and O–H groups in total. The molecular formula is C12H12N2O3S2. The Kier molecular flexibility index (Phi) is 3.96. The average molecular weight is 296 g/mol. The van der Waals surface area contributed by atoms with E-state index < -0.39 is 5.97 Å². The SMILES string of the molecule is Cc1nc(CN(C)C(=O)c2ccc(C(=O)O)s2)cs1. The van der Waals surface area contributed by atoms with Crippen LogP contribution in [-0.2, 0) is 6.54 Å². The van der Waals surface area contributed by atoms with E-state index in [-0.39, 0.29) is 10.8 Å². The topological polar surface area (TPSA) is 70.5 Å². The van der Waals surface area contributed by atoms with Gasteiger partial charge >= 0.3 is 5.97 Å². The molecule has 0 spiro atoms. The van der Waals surface area contributed by atoms with Gasteiger partial charge in [-0.25, -0.2) is 9.78 Å². The molecule has 0 aliphatic rings. The number of carboxylic acid groups (broad SMARTS) is 1. The quantitative estimate of drug-likeness (QED) is 0.941. The predicted molar refractivity (Wildman–Crippen MR) is 73.9 cm³/mol. The van der Waals surface area contributed by atoms with E-state index in [9.17, 15) is 9.59 Å². The highest BCUT2D eigenvalue weighted by atomic mass is 32.1. The third-order valence-electron chi connectivity index (χ3n) is 2.44. The summed E-state index contributed by atoms with van der Waals surface area (Å²) in [5.41, 5.74) is 0.841. The Morgan fingerprint density at radius 3 is 2.58 bits per heavy atom. The summed E-state index contributed by atoms with van der Waals surface area (Å²) in [6.07, 6.45) is 0. The van der Waals surface area contributed by atoms with Crippen molar-refractivity contribution in [2.75, 3.05) is 7.05 Å². The van der Waals surface area contributed by atoms with Crippen molar-refractivity contribution in [2.24, 2.45) is 0 Å². The van der Waals surface area contributed by atoms with E-state index in [0.29, 0.717) is 11.4 Å². The highest BCUT2D eigenvalue weighted by molar-refractivity contribution is 7.15. The van der Waals surface area contributed by atoms with Crippen LogP contribution in [0.15, 0.2) is 17.5 Å². The molecule has 7 heteroatoms. The van der Waals surface area contributed by atoms with E-state index in [4.69, 9.17) is 5.11 Å². The van der Waals surface area contributed by atoms with Gasteiger partial charge in [0.05, 0.1) is 22.1 Å². The number of aryl methyl sites for hydroxylation is 1. The van der Waals surface area contributed by atoms with Gasteiger partial charge in [0.15, 0.2) is 0 Å². The number of carbonyl (C=O) groups excluding carboxylic acids is 1. The van der Waals surface area contributed by atoms with Gasteiger partial charge in [0.25, 0.3) is 5.91 Å². The first-order valence-electron chi connectivity index (χ1n) is 5.47. The first kappa shape index (κ1) is 13.7. The molecule has 0 unspecified atom stereocenters. The Morgan fingerprint density at radius 1 is 1.37 bits per heavy atom. The molecule has 2 rings (SSSR count). The van der Waals surface area contributed by atoms with Crippen LogP contribution in [-0.4, -0.2) is 33.9 Å². The van der Waals surface area contributed by atoms with Crippen LogP contribution in [0.3, 0.4) is 0 Å². The van der Waals surface area contributed by atoms with E-state index in [1.54, 1.807) is 13.1 Å². The van der Waals surface area contributed by atoms with Crippen LogP contribution in [0.4, 0.5) is 0 Å². The van der Waals surface area contributed by atoms with Crippen molar-refractivity contribution in [3.8, 4) is 0 Å². The number of aromatic carboxylic acids is 1. The molecule has 0 aromatic carbocycles. The van der Waals surface area contributed by atoms with Gasteiger partial charge in [-0.05, 0) is 19.1 Å². The summed E-state index contributed by atoms with van der Waals surface area (Å²) < 4.78 is 0. The summed E-state index contributed by atoms with van der Waals surface area (Å²) in [4.78, 5) is 29.3. The van der Waals surface area contributed by atoms with Gasteiger partial charge in [-0.15, -0.1) is 22.7 Å². The van der Waals surface area contributed by atoms with Gasteiger partial charge in [-0.2, -0.15) is 0 Å². The Hall–Kier alpha value is -1.73. The molecule has 0 bridgehead atoms. The molecule has 0 aliphatic heterocycles. The molecule has 0 saturated heterocycles. The standard InChI is InChI=1S/C12H12N2O3S2/c1-7-13-8(6-18-7)5-14(2)11(15)9-3-4-10(19-9)12(16)17/h3-4,6H,5H2,1-2H3,(H,16,17). The fourth-order valence-corrected chi connectivity index (χ4v) is 2.99. The maximum Gasteiger partial charge on any atom is 0.345 e. The molecule has 0 radical (unpaired) electrons. The number of thiophene rings is 1. The van der Waals surface area contributed by atoms with Gasteiger partial charge in [-0.1, -0.05) is 0 Å². The molecule has 0 saturated carbocycles. The second-order valence-corrected chi connectivity index (χ2v) is 6.13. The second kappa shape index (κ2) is 5.50. The molecule has 0 aliphatic carbocycles. The predicted octanol–water partition coefficient (Wildman–Crippen LogP) is 2.48. The number of amides is 1. The number of hydrogen-bond donors (Lipinski definition) is 1. The summed E-state index contributed by atoms with van der Waals surface area (Å²) in [7, 11) is 1.68. The van der Waals surface area contributed by atoms with Crippen LogP contribution in [0.5, 0.6) is 0 Å². The molecule has 5 nitrogen and oxygen atoms in total. The average Bonchev–Trinajstić information content (AvgIpc) is 2.97. The Morgan fingerprint density at radius 2 is 2.05 bits per heavy atom. The minimum absolute atomic E-state index is 0.168. The molecule has 100 valence electrons.